The van der Waals surface area contributed by atoms with Crippen LogP contribution in [0.3, 0.4) is 0 Å². The van der Waals surface area contributed by atoms with Crippen LogP contribution in [0.4, 0.5) is 0 Å². The van der Waals surface area contributed by atoms with Crippen LogP contribution in [0.2, 0.25) is 0 Å². The van der Waals surface area contributed by atoms with E-state index in [-0.39, 0.29) is 5.41 Å². The molecule has 0 radical (unpaired) electrons. The normalized spacial score (nSPS) is 21.6. The van der Waals surface area contributed by atoms with E-state index in [0.29, 0.717) is 29.3 Å². The molecule has 15 rings (SSSR count). The van der Waals surface area contributed by atoms with E-state index in [9.17, 15) is 0 Å². The lowest BCUT2D eigenvalue weighted by atomic mass is 9.41. The lowest BCUT2D eigenvalue weighted by molar-refractivity contribution is -0.0452. The average molecular weight is 826 g/mol. The predicted molar refractivity (Wildman–Crippen MR) is 256 cm³/mol. The van der Waals surface area contributed by atoms with Gasteiger partial charge in [0.25, 0.3) is 0 Å². The first kappa shape index (κ1) is 36.1. The van der Waals surface area contributed by atoms with Crippen LogP contribution >= 0.6 is 0 Å². The summed E-state index contributed by atoms with van der Waals surface area (Å²) in [5, 5.41) is 4.52. The van der Waals surface area contributed by atoms with Gasteiger partial charge >= 0.3 is 0 Å². The van der Waals surface area contributed by atoms with Crippen molar-refractivity contribution in [1.29, 1.82) is 0 Å². The van der Waals surface area contributed by atoms with E-state index in [1.54, 1.807) is 0 Å². The molecule has 4 aliphatic carbocycles. The summed E-state index contributed by atoms with van der Waals surface area (Å²) in [5.41, 5.74) is 12.1. The highest BCUT2D eigenvalue weighted by Crippen LogP contribution is 2.69. The van der Waals surface area contributed by atoms with Crippen molar-refractivity contribution in [3.05, 3.63) is 187 Å². The Bertz CT molecular complexity index is 3470. The summed E-state index contributed by atoms with van der Waals surface area (Å²) in [6, 6.07) is 62.6. The van der Waals surface area contributed by atoms with Crippen LogP contribution in [0.15, 0.2) is 180 Å². The second-order valence-corrected chi connectivity index (χ2v) is 18.7. The quantitative estimate of drug-likeness (QED) is 0.173. The third kappa shape index (κ3) is 5.40. The molecule has 4 fully saturated rings. The molecule has 0 atom stereocenters. The highest BCUT2D eigenvalue weighted by Gasteiger charge is 2.61. The summed E-state index contributed by atoms with van der Waals surface area (Å²) < 4.78 is 12.9. The van der Waals surface area contributed by atoms with Crippen LogP contribution < -0.4 is 4.74 Å². The van der Waals surface area contributed by atoms with Gasteiger partial charge in [-0.2, -0.15) is 0 Å². The maximum Gasteiger partial charge on any atom is 0.164 e. The molecule has 4 saturated carbocycles. The largest absolute Gasteiger partial charge is 0.457 e. The number of fused-ring (bicyclic) bond motifs is 6. The molecule has 0 N–H and O–H groups in total. The van der Waals surface area contributed by atoms with Gasteiger partial charge in [-0.25, -0.2) is 15.0 Å². The van der Waals surface area contributed by atoms with E-state index in [1.807, 2.05) is 30.3 Å². The molecule has 4 bridgehead atoms. The summed E-state index contributed by atoms with van der Waals surface area (Å²) in [6.07, 6.45) is 6.73. The zero-order valence-electron chi connectivity index (χ0n) is 35.2. The summed E-state index contributed by atoms with van der Waals surface area (Å²) in [7, 11) is 0. The predicted octanol–water partition coefficient (Wildman–Crippen LogP) is 15.1. The molecule has 8 aromatic carbocycles. The van der Waals surface area contributed by atoms with E-state index < -0.39 is 0 Å². The number of rotatable bonds is 5. The first-order chi connectivity index (χ1) is 31.6. The van der Waals surface area contributed by atoms with Gasteiger partial charge in [-0.1, -0.05) is 133 Å². The molecule has 1 spiro atoms. The van der Waals surface area contributed by atoms with E-state index >= 15 is 0 Å². The van der Waals surface area contributed by atoms with Crippen molar-refractivity contribution in [1.82, 2.24) is 15.0 Å². The Morgan fingerprint density at radius 2 is 0.938 bits per heavy atom. The Kier molecular flexibility index (Phi) is 7.80. The molecule has 2 aromatic heterocycles. The number of benzene rings is 8. The number of hydrogen-bond donors (Lipinski definition) is 0. The zero-order chi connectivity index (χ0) is 41.9. The van der Waals surface area contributed by atoms with E-state index in [2.05, 4.69) is 146 Å². The number of para-hydroxylation sites is 2. The van der Waals surface area contributed by atoms with Gasteiger partial charge in [0.15, 0.2) is 17.5 Å². The summed E-state index contributed by atoms with van der Waals surface area (Å²) in [5.74, 6) is 7.03. The van der Waals surface area contributed by atoms with Gasteiger partial charge in [0.05, 0.1) is 0 Å². The fraction of sp³-hybridized carbons (Fsp3) is 0.169. The Balaban J connectivity index is 0.877. The Labute approximate surface area is 371 Å². The second kappa shape index (κ2) is 13.8. The van der Waals surface area contributed by atoms with Crippen LogP contribution in [-0.2, 0) is 5.41 Å². The molecule has 0 saturated heterocycles. The summed E-state index contributed by atoms with van der Waals surface area (Å²) >= 11 is 0. The maximum atomic E-state index is 6.79. The molecule has 0 amide bonds. The highest BCUT2D eigenvalue weighted by molar-refractivity contribution is 6.06. The van der Waals surface area contributed by atoms with E-state index in [4.69, 9.17) is 24.1 Å². The van der Waals surface area contributed by atoms with Gasteiger partial charge < -0.3 is 9.15 Å². The Hall–Kier alpha value is -7.37. The third-order valence-electron chi connectivity index (χ3n) is 15.4. The minimum atomic E-state index is -0.0149. The molecule has 5 heteroatoms. The van der Waals surface area contributed by atoms with Crippen molar-refractivity contribution in [3.8, 4) is 67.9 Å². The standard InChI is InChI=1S/C59H43N3O2/c1-2-10-38(11-3-1)56-60-57(39-20-18-37(19-21-39)40-22-26-53-49(33-40)47-14-6-8-16-52(47)63-53)62-58(61-56)48-25-24-44(45-12-4-5-13-46(45)48)41-23-27-55-51(34-41)59(50-15-7-9-17-54(50)64-55)42-29-35-28-36(31-42)32-43(59)30-35/h1-27,33-36,42-43H,28-32H2. The Morgan fingerprint density at radius 1 is 0.375 bits per heavy atom. The van der Waals surface area contributed by atoms with Crippen LogP contribution in [0.25, 0.3) is 89.1 Å². The minimum Gasteiger partial charge on any atom is -0.457 e. The average Bonchev–Trinajstić information content (AvgIpc) is 3.73. The number of furan rings is 1. The second-order valence-electron chi connectivity index (χ2n) is 18.7. The maximum absolute atomic E-state index is 6.79. The molecule has 0 unspecified atom stereocenters. The van der Waals surface area contributed by atoms with Gasteiger partial charge in [-0.05, 0) is 131 Å². The molecular weight excluding hydrogens is 783 g/mol. The third-order valence-corrected chi connectivity index (χ3v) is 15.4. The van der Waals surface area contributed by atoms with Gasteiger partial charge in [-0.15, -0.1) is 0 Å². The smallest absolute Gasteiger partial charge is 0.164 e. The molecule has 64 heavy (non-hydrogen) atoms. The minimum absolute atomic E-state index is 0.0149. The first-order valence-corrected chi connectivity index (χ1v) is 22.9. The van der Waals surface area contributed by atoms with Gasteiger partial charge in [0.1, 0.15) is 22.7 Å². The van der Waals surface area contributed by atoms with Gasteiger partial charge in [0, 0.05) is 44.0 Å². The van der Waals surface area contributed by atoms with Crippen molar-refractivity contribution in [2.75, 3.05) is 0 Å². The monoisotopic (exact) mass is 825 g/mol. The van der Waals surface area contributed by atoms with Crippen molar-refractivity contribution in [2.45, 2.75) is 37.5 Å². The van der Waals surface area contributed by atoms with Gasteiger partial charge in [0.2, 0.25) is 0 Å². The lowest BCUT2D eigenvalue weighted by Crippen LogP contribution is -2.56. The number of ether oxygens (including phenoxy) is 1. The number of nitrogens with zero attached hydrogens (tertiary/aromatic N) is 3. The van der Waals surface area contributed by atoms with E-state index in [0.717, 1.165) is 78.5 Å². The SMILES string of the molecule is c1ccc(-c2nc(-c3ccc(-c4ccc5oc6ccccc6c5c4)cc3)nc(-c3ccc(-c4ccc5c(c4)C4(c6ccccc6O5)C5CC6CC(C5)CC4C6)c4ccccc34)n2)cc1. The molecule has 306 valence electrons. The van der Waals surface area contributed by atoms with Gasteiger partial charge in [-0.3, -0.25) is 0 Å². The Morgan fingerprint density at radius 3 is 1.72 bits per heavy atom. The molecule has 5 nitrogen and oxygen atoms in total. The van der Waals surface area contributed by atoms with Crippen molar-refractivity contribution < 1.29 is 9.15 Å². The number of hydrogen-bond acceptors (Lipinski definition) is 5. The van der Waals surface area contributed by atoms with Crippen LogP contribution in [0, 0.1) is 23.7 Å². The van der Waals surface area contributed by atoms with Crippen molar-refractivity contribution in [2.24, 2.45) is 23.7 Å². The fourth-order valence-electron chi connectivity index (χ4n) is 12.9. The lowest BCUT2D eigenvalue weighted by Gasteiger charge is -2.63. The van der Waals surface area contributed by atoms with Crippen LogP contribution in [0.5, 0.6) is 11.5 Å². The van der Waals surface area contributed by atoms with E-state index in [1.165, 1.54) is 59.7 Å². The molecule has 1 aliphatic heterocycles. The van der Waals surface area contributed by atoms with Crippen molar-refractivity contribution in [3.63, 3.8) is 0 Å². The highest BCUT2D eigenvalue weighted by atomic mass is 16.5. The van der Waals surface area contributed by atoms with Crippen molar-refractivity contribution >= 4 is 32.7 Å². The first-order valence-electron chi connectivity index (χ1n) is 22.9. The zero-order valence-corrected chi connectivity index (χ0v) is 35.2. The molecule has 10 aromatic rings. The number of aromatic nitrogens is 3. The summed E-state index contributed by atoms with van der Waals surface area (Å²) in [4.78, 5) is 15.5. The molecular formula is C59H43N3O2. The molecule has 5 aliphatic rings. The topological polar surface area (TPSA) is 61.0 Å². The van der Waals surface area contributed by atoms with Crippen LogP contribution in [0.1, 0.15) is 43.2 Å². The van der Waals surface area contributed by atoms with Crippen LogP contribution in [-0.4, -0.2) is 15.0 Å². The molecule has 3 heterocycles. The summed E-state index contributed by atoms with van der Waals surface area (Å²) in [6.45, 7) is 0. The fourth-order valence-corrected chi connectivity index (χ4v) is 12.9.